The third-order valence-corrected chi connectivity index (χ3v) is 4.46. The van der Waals surface area contributed by atoms with E-state index in [1.807, 2.05) is 12.2 Å². The van der Waals surface area contributed by atoms with E-state index in [0.29, 0.717) is 0 Å². The van der Waals surface area contributed by atoms with Crippen LogP contribution in [0.15, 0.2) is 73.8 Å². The van der Waals surface area contributed by atoms with E-state index in [4.69, 9.17) is 0 Å². The molecule has 0 nitrogen and oxygen atoms in total. The number of rotatable bonds is 2. The second kappa shape index (κ2) is 5.65. The summed E-state index contributed by atoms with van der Waals surface area (Å²) in [6.07, 6.45) is 3.93. The largest absolute Gasteiger partial charge is 0.0984 e. The second-order valence-corrected chi connectivity index (χ2v) is 5.58. The van der Waals surface area contributed by atoms with Gasteiger partial charge in [0.05, 0.1) is 0 Å². The molecule has 1 aliphatic rings. The lowest BCUT2D eigenvalue weighted by Gasteiger charge is -2.22. The van der Waals surface area contributed by atoms with Crippen molar-refractivity contribution < 1.29 is 0 Å². The Kier molecular flexibility index (Phi) is 3.68. The molecule has 0 saturated heterocycles. The fraction of sp³-hybridized carbons (Fsp3) is 0.0909. The van der Waals surface area contributed by atoms with Crippen molar-refractivity contribution in [2.45, 2.75) is 13.8 Å². The first-order valence-corrected chi connectivity index (χ1v) is 7.55. The van der Waals surface area contributed by atoms with Gasteiger partial charge in [0.1, 0.15) is 0 Å². The van der Waals surface area contributed by atoms with Crippen molar-refractivity contribution in [3.8, 4) is 0 Å². The molecule has 0 unspecified atom stereocenters. The van der Waals surface area contributed by atoms with Crippen LogP contribution in [0.4, 0.5) is 0 Å². The van der Waals surface area contributed by atoms with Gasteiger partial charge in [-0.15, -0.1) is 0 Å². The first-order chi connectivity index (χ1) is 10.7. The summed E-state index contributed by atoms with van der Waals surface area (Å²) < 4.78 is 0. The summed E-state index contributed by atoms with van der Waals surface area (Å²) in [4.78, 5) is 0. The molecule has 3 rings (SSSR count). The van der Waals surface area contributed by atoms with Crippen LogP contribution in [0.3, 0.4) is 0 Å². The Morgan fingerprint density at radius 3 is 1.23 bits per heavy atom. The number of allylic oxidation sites excluding steroid dienone is 6. The summed E-state index contributed by atoms with van der Waals surface area (Å²) in [7, 11) is 0. The van der Waals surface area contributed by atoms with Crippen LogP contribution >= 0.6 is 0 Å². The molecule has 1 aliphatic carbocycles. The first kappa shape index (κ1) is 14.3. The fourth-order valence-corrected chi connectivity index (χ4v) is 3.31. The van der Waals surface area contributed by atoms with Gasteiger partial charge >= 0.3 is 0 Å². The van der Waals surface area contributed by atoms with Gasteiger partial charge < -0.3 is 0 Å². The monoisotopic (exact) mass is 284 g/mol. The molecule has 0 aliphatic heterocycles. The van der Waals surface area contributed by atoms with E-state index in [0.717, 1.165) is 0 Å². The summed E-state index contributed by atoms with van der Waals surface area (Å²) in [6.45, 7) is 12.5. The maximum Gasteiger partial charge on any atom is -0.0103 e. The molecule has 0 atom stereocenters. The first-order valence-electron chi connectivity index (χ1n) is 7.55. The van der Waals surface area contributed by atoms with Crippen LogP contribution in [-0.2, 0) is 0 Å². The lowest BCUT2D eigenvalue weighted by molar-refractivity contribution is 1.45. The van der Waals surface area contributed by atoms with Crippen LogP contribution in [0.2, 0.25) is 0 Å². The van der Waals surface area contributed by atoms with E-state index in [2.05, 4.69) is 75.5 Å². The lowest BCUT2D eigenvalue weighted by atomic mass is 9.82. The Bertz CT molecular complexity index is 759. The molecule has 0 heteroatoms. The Labute approximate surface area is 132 Å². The predicted octanol–water partition coefficient (Wildman–Crippen LogP) is 6.23. The van der Waals surface area contributed by atoms with Crippen LogP contribution < -0.4 is 0 Å². The van der Waals surface area contributed by atoms with Gasteiger partial charge in [-0.2, -0.15) is 0 Å². The smallest absolute Gasteiger partial charge is 0.0103 e. The molecule has 0 bridgehead atoms. The Balaban J connectivity index is 2.51. The lowest BCUT2D eigenvalue weighted by Crippen LogP contribution is -2.01. The van der Waals surface area contributed by atoms with Gasteiger partial charge in [0.15, 0.2) is 0 Å². The topological polar surface area (TPSA) is 0 Å². The predicted molar refractivity (Wildman–Crippen MR) is 98.3 cm³/mol. The van der Waals surface area contributed by atoms with Crippen LogP contribution in [0.5, 0.6) is 0 Å². The molecule has 108 valence electrons. The highest BCUT2D eigenvalue weighted by Gasteiger charge is 2.18. The van der Waals surface area contributed by atoms with Crippen LogP contribution in [0.1, 0.15) is 36.1 Å². The fourth-order valence-electron chi connectivity index (χ4n) is 3.31. The Hall–Kier alpha value is -2.60. The minimum absolute atomic E-state index is 1.19. The molecule has 0 N–H and O–H groups in total. The molecule has 0 amide bonds. The van der Waals surface area contributed by atoms with Crippen molar-refractivity contribution in [1.82, 2.24) is 0 Å². The Morgan fingerprint density at radius 2 is 0.909 bits per heavy atom. The van der Waals surface area contributed by atoms with Crippen molar-refractivity contribution in [2.24, 2.45) is 0 Å². The number of benzene rings is 2. The zero-order valence-electron chi connectivity index (χ0n) is 13.2. The average molecular weight is 284 g/mol. The molecule has 22 heavy (non-hydrogen) atoms. The van der Waals surface area contributed by atoms with Gasteiger partial charge in [-0.05, 0) is 58.4 Å². The zero-order valence-corrected chi connectivity index (χ0v) is 13.2. The van der Waals surface area contributed by atoms with Crippen molar-refractivity contribution in [2.75, 3.05) is 0 Å². The molecule has 0 radical (unpaired) electrons. The second-order valence-electron chi connectivity index (χ2n) is 5.58. The van der Waals surface area contributed by atoms with Crippen molar-refractivity contribution in [3.05, 3.63) is 96.1 Å². The van der Waals surface area contributed by atoms with Crippen LogP contribution in [0, 0.1) is 0 Å². The molecule has 0 aromatic heterocycles. The summed E-state index contributed by atoms with van der Waals surface area (Å²) in [5.74, 6) is 0. The average Bonchev–Trinajstić information content (AvgIpc) is 2.56. The molecule has 0 saturated carbocycles. The third-order valence-electron chi connectivity index (χ3n) is 4.46. The zero-order chi connectivity index (χ0) is 15.7. The summed E-state index contributed by atoms with van der Waals surface area (Å²) in [5.41, 5.74) is 9.89. The van der Waals surface area contributed by atoms with E-state index in [1.54, 1.807) is 0 Å². The highest BCUT2D eigenvalue weighted by Crippen LogP contribution is 2.40. The number of hydrogen-bond acceptors (Lipinski definition) is 0. The van der Waals surface area contributed by atoms with E-state index in [9.17, 15) is 0 Å². The van der Waals surface area contributed by atoms with E-state index in [1.165, 1.54) is 44.5 Å². The minimum atomic E-state index is 1.19. The summed E-state index contributed by atoms with van der Waals surface area (Å²) >= 11 is 0. The molecular formula is C22H20. The summed E-state index contributed by atoms with van der Waals surface area (Å²) in [6, 6.07) is 17.1. The highest BCUT2D eigenvalue weighted by atomic mass is 14.2. The maximum absolute atomic E-state index is 4.05. The summed E-state index contributed by atoms with van der Waals surface area (Å²) in [5, 5.41) is 0. The van der Waals surface area contributed by atoms with Crippen molar-refractivity contribution in [3.63, 3.8) is 0 Å². The molecule has 2 aromatic carbocycles. The van der Waals surface area contributed by atoms with E-state index >= 15 is 0 Å². The normalized spacial score (nSPS) is 20.5. The molecular weight excluding hydrogens is 264 g/mol. The van der Waals surface area contributed by atoms with Gasteiger partial charge in [0, 0.05) is 0 Å². The number of hydrogen-bond donors (Lipinski definition) is 0. The van der Waals surface area contributed by atoms with Gasteiger partial charge in [0.25, 0.3) is 0 Å². The van der Waals surface area contributed by atoms with Gasteiger partial charge in [-0.1, -0.05) is 73.8 Å². The quantitative estimate of drug-likeness (QED) is 0.613. The van der Waals surface area contributed by atoms with Gasteiger partial charge in [-0.3, -0.25) is 0 Å². The van der Waals surface area contributed by atoms with Crippen LogP contribution in [0.25, 0.3) is 22.3 Å². The number of fused-ring (bicyclic) bond motifs is 2. The molecule has 0 fully saturated rings. The molecule has 2 aromatic rings. The maximum atomic E-state index is 4.05. The van der Waals surface area contributed by atoms with Crippen molar-refractivity contribution in [1.29, 1.82) is 0 Å². The minimum Gasteiger partial charge on any atom is -0.0984 e. The van der Waals surface area contributed by atoms with Gasteiger partial charge in [-0.25, -0.2) is 0 Å². The van der Waals surface area contributed by atoms with E-state index in [-0.39, 0.29) is 0 Å². The third kappa shape index (κ3) is 2.08. The van der Waals surface area contributed by atoms with Crippen molar-refractivity contribution >= 4 is 22.3 Å². The molecule has 0 spiro atoms. The van der Waals surface area contributed by atoms with Crippen LogP contribution in [-0.4, -0.2) is 0 Å². The molecule has 0 heterocycles. The standard InChI is InChI=1S/C22H20/c1-5-17-15(3)19-11-7-8-12-20(19)16(4)18(6-2)22-14-10-9-13-21(17)22/h5-14H,1-2H2,3-4H3/b17-15-,18-16-,19-15?,20-16?,21-17?,22-18?. The van der Waals surface area contributed by atoms with Gasteiger partial charge in [0.2, 0.25) is 0 Å². The Morgan fingerprint density at radius 1 is 0.591 bits per heavy atom. The highest BCUT2D eigenvalue weighted by molar-refractivity contribution is 6.07. The SMILES string of the molecule is C=C/C1=C(\C)c2ccccc2/C(C)=C(/C=C)c2ccccc21. The van der Waals surface area contributed by atoms with E-state index < -0.39 is 0 Å².